The molecule has 108 valence electrons. The van der Waals surface area contributed by atoms with Crippen molar-refractivity contribution in [3.8, 4) is 0 Å². The van der Waals surface area contributed by atoms with Crippen molar-refractivity contribution in [2.45, 2.75) is 64.8 Å². The predicted octanol–water partition coefficient (Wildman–Crippen LogP) is 5.38. The molecule has 0 aromatic carbocycles. The van der Waals surface area contributed by atoms with Gasteiger partial charge in [-0.05, 0) is 64.4 Å². The lowest BCUT2D eigenvalue weighted by atomic mass is 9.76. The van der Waals surface area contributed by atoms with Crippen LogP contribution < -0.4 is 5.73 Å². The van der Waals surface area contributed by atoms with Crippen molar-refractivity contribution >= 4 is 27.3 Å². The highest BCUT2D eigenvalue weighted by atomic mass is 79.9. The van der Waals surface area contributed by atoms with Crippen LogP contribution in [0.25, 0.3) is 0 Å². The Labute approximate surface area is 130 Å². The van der Waals surface area contributed by atoms with E-state index >= 15 is 0 Å². The first-order valence-corrected chi connectivity index (χ1v) is 8.98. The predicted molar refractivity (Wildman–Crippen MR) is 88.7 cm³/mol. The monoisotopic (exact) mass is 343 g/mol. The van der Waals surface area contributed by atoms with Crippen LogP contribution in [0.15, 0.2) is 15.9 Å². The molecule has 1 fully saturated rings. The number of nitrogens with two attached hydrogens (primary N) is 1. The minimum Gasteiger partial charge on any atom is -0.325 e. The van der Waals surface area contributed by atoms with E-state index in [1.165, 1.54) is 41.5 Å². The Morgan fingerprint density at radius 2 is 2.11 bits per heavy atom. The molecule has 0 spiro atoms. The molecule has 1 heterocycles. The average molecular weight is 344 g/mol. The lowest BCUT2D eigenvalue weighted by Crippen LogP contribution is -2.41. The molecular weight excluding hydrogens is 318 g/mol. The molecular formula is C16H26BrNS. The van der Waals surface area contributed by atoms with Crippen LogP contribution in [0.4, 0.5) is 0 Å². The summed E-state index contributed by atoms with van der Waals surface area (Å²) in [7, 11) is 0. The van der Waals surface area contributed by atoms with Gasteiger partial charge in [-0.25, -0.2) is 0 Å². The van der Waals surface area contributed by atoms with E-state index in [2.05, 4.69) is 48.1 Å². The molecule has 0 bridgehead atoms. The Balaban J connectivity index is 2.03. The number of thiophene rings is 1. The Hall–Kier alpha value is 0.140. The molecule has 2 atom stereocenters. The highest BCUT2D eigenvalue weighted by molar-refractivity contribution is 9.10. The van der Waals surface area contributed by atoms with Crippen molar-refractivity contribution in [3.05, 3.63) is 20.8 Å². The molecule has 0 amide bonds. The molecule has 2 rings (SSSR count). The summed E-state index contributed by atoms with van der Waals surface area (Å²) >= 11 is 5.46. The highest BCUT2D eigenvalue weighted by Crippen LogP contribution is 2.40. The Morgan fingerprint density at radius 1 is 1.37 bits per heavy atom. The molecule has 1 nitrogen and oxygen atoms in total. The van der Waals surface area contributed by atoms with E-state index < -0.39 is 0 Å². The van der Waals surface area contributed by atoms with Crippen molar-refractivity contribution in [3.63, 3.8) is 0 Å². The third-order valence-corrected chi connectivity index (χ3v) is 6.57. The van der Waals surface area contributed by atoms with E-state index in [1.807, 2.05) is 11.3 Å². The van der Waals surface area contributed by atoms with Crippen LogP contribution in [0.1, 0.15) is 57.8 Å². The van der Waals surface area contributed by atoms with Gasteiger partial charge in [-0.3, -0.25) is 0 Å². The van der Waals surface area contributed by atoms with E-state index in [-0.39, 0.29) is 5.54 Å². The van der Waals surface area contributed by atoms with E-state index in [0.29, 0.717) is 5.41 Å². The van der Waals surface area contributed by atoms with Crippen molar-refractivity contribution in [2.24, 2.45) is 17.1 Å². The van der Waals surface area contributed by atoms with Crippen LogP contribution in [0.3, 0.4) is 0 Å². The lowest BCUT2D eigenvalue weighted by Gasteiger charge is -2.31. The van der Waals surface area contributed by atoms with Crippen molar-refractivity contribution in [1.82, 2.24) is 0 Å². The first-order chi connectivity index (χ1) is 8.80. The maximum atomic E-state index is 6.71. The summed E-state index contributed by atoms with van der Waals surface area (Å²) in [6.07, 6.45) is 7.27. The van der Waals surface area contributed by atoms with Gasteiger partial charge < -0.3 is 5.73 Å². The van der Waals surface area contributed by atoms with E-state index in [1.54, 1.807) is 0 Å². The van der Waals surface area contributed by atoms with E-state index in [4.69, 9.17) is 5.73 Å². The quantitative estimate of drug-likeness (QED) is 0.717. The molecule has 1 aromatic rings. The van der Waals surface area contributed by atoms with Gasteiger partial charge in [0.1, 0.15) is 0 Å². The summed E-state index contributed by atoms with van der Waals surface area (Å²) in [6.45, 7) is 7.12. The van der Waals surface area contributed by atoms with E-state index in [9.17, 15) is 0 Å². The van der Waals surface area contributed by atoms with Crippen LogP contribution in [-0.2, 0) is 6.42 Å². The Kier molecular flexibility index (Phi) is 4.79. The third kappa shape index (κ3) is 4.05. The van der Waals surface area contributed by atoms with Gasteiger partial charge in [-0.15, -0.1) is 11.3 Å². The summed E-state index contributed by atoms with van der Waals surface area (Å²) in [6, 6.07) is 2.14. The molecule has 1 aliphatic carbocycles. The van der Waals surface area contributed by atoms with Crippen molar-refractivity contribution in [2.75, 3.05) is 0 Å². The Bertz CT molecular complexity index is 421. The van der Waals surface area contributed by atoms with Gasteiger partial charge in [0.15, 0.2) is 0 Å². The van der Waals surface area contributed by atoms with Gasteiger partial charge >= 0.3 is 0 Å². The van der Waals surface area contributed by atoms with Gasteiger partial charge in [-0.1, -0.05) is 27.2 Å². The fraction of sp³-hybridized carbons (Fsp3) is 0.750. The summed E-state index contributed by atoms with van der Waals surface area (Å²) in [5, 5.41) is 2.15. The summed E-state index contributed by atoms with van der Waals surface area (Å²) in [4.78, 5) is 1.41. The molecule has 2 N–H and O–H groups in total. The van der Waals surface area contributed by atoms with Crippen molar-refractivity contribution < 1.29 is 0 Å². The number of halogens is 1. The van der Waals surface area contributed by atoms with Gasteiger partial charge in [0.05, 0.1) is 0 Å². The molecule has 1 aromatic heterocycles. The molecule has 2 unspecified atom stereocenters. The van der Waals surface area contributed by atoms with Crippen LogP contribution >= 0.6 is 27.3 Å². The van der Waals surface area contributed by atoms with Crippen LogP contribution in [0.2, 0.25) is 0 Å². The second-order valence-corrected chi connectivity index (χ2v) is 9.08. The molecule has 19 heavy (non-hydrogen) atoms. The highest BCUT2D eigenvalue weighted by Gasteiger charge is 2.34. The second-order valence-electron chi connectivity index (χ2n) is 7.22. The minimum atomic E-state index is 0.00731. The fourth-order valence-electron chi connectivity index (χ4n) is 3.25. The topological polar surface area (TPSA) is 26.0 Å². The number of hydrogen-bond donors (Lipinski definition) is 1. The molecule has 0 saturated heterocycles. The smallest absolute Gasteiger partial charge is 0.0315 e. The van der Waals surface area contributed by atoms with Gasteiger partial charge in [-0.2, -0.15) is 0 Å². The molecule has 1 aliphatic rings. The SMILES string of the molecule is CC(C)(C)C1CCCC(N)(Cc2sccc2Br)CC1. The summed E-state index contributed by atoms with van der Waals surface area (Å²) in [5.41, 5.74) is 7.14. The Morgan fingerprint density at radius 3 is 2.68 bits per heavy atom. The van der Waals surface area contributed by atoms with Crippen LogP contribution in [-0.4, -0.2) is 5.54 Å². The molecule has 0 aliphatic heterocycles. The molecule has 0 radical (unpaired) electrons. The van der Waals surface area contributed by atoms with Gasteiger partial charge in [0, 0.05) is 21.3 Å². The largest absolute Gasteiger partial charge is 0.325 e. The first kappa shape index (κ1) is 15.5. The number of hydrogen-bond acceptors (Lipinski definition) is 2. The maximum absolute atomic E-state index is 6.71. The fourth-order valence-corrected chi connectivity index (χ4v) is 4.89. The standard InChI is InChI=1S/C16H26BrNS/c1-15(2,3)12-5-4-8-16(18,9-6-12)11-14-13(17)7-10-19-14/h7,10,12H,4-6,8-9,11,18H2,1-3H3. The maximum Gasteiger partial charge on any atom is 0.0315 e. The normalized spacial score (nSPS) is 29.2. The van der Waals surface area contributed by atoms with Crippen LogP contribution in [0.5, 0.6) is 0 Å². The summed E-state index contributed by atoms with van der Waals surface area (Å²) < 4.78 is 1.24. The second kappa shape index (κ2) is 5.87. The molecule has 1 saturated carbocycles. The molecule has 3 heteroatoms. The lowest BCUT2D eigenvalue weighted by molar-refractivity contribution is 0.210. The summed E-state index contributed by atoms with van der Waals surface area (Å²) in [5.74, 6) is 0.824. The number of rotatable bonds is 2. The minimum absolute atomic E-state index is 0.00731. The van der Waals surface area contributed by atoms with Gasteiger partial charge in [0.2, 0.25) is 0 Å². The van der Waals surface area contributed by atoms with Crippen LogP contribution in [0, 0.1) is 11.3 Å². The van der Waals surface area contributed by atoms with E-state index in [0.717, 1.165) is 12.3 Å². The zero-order valence-corrected chi connectivity index (χ0v) is 14.7. The first-order valence-electron chi connectivity index (χ1n) is 7.31. The average Bonchev–Trinajstić information content (AvgIpc) is 2.58. The van der Waals surface area contributed by atoms with Crippen molar-refractivity contribution in [1.29, 1.82) is 0 Å². The zero-order chi connectivity index (χ0) is 14.1. The third-order valence-electron chi connectivity index (χ3n) is 4.65. The zero-order valence-electron chi connectivity index (χ0n) is 12.3. The van der Waals surface area contributed by atoms with Gasteiger partial charge in [0.25, 0.3) is 0 Å².